The van der Waals surface area contributed by atoms with Gasteiger partial charge in [0.05, 0.1) is 11.3 Å². The fraction of sp³-hybridized carbons (Fsp3) is 0.0714. The van der Waals surface area contributed by atoms with Crippen molar-refractivity contribution in [2.24, 2.45) is 0 Å². The van der Waals surface area contributed by atoms with E-state index in [0.717, 1.165) is 6.07 Å². The quantitative estimate of drug-likeness (QED) is 0.804. The molecule has 3 nitrogen and oxygen atoms in total. The first-order valence-electron chi connectivity index (χ1n) is 5.86. The molecule has 0 aliphatic rings. The van der Waals surface area contributed by atoms with E-state index in [1.807, 2.05) is 0 Å². The number of para-hydroxylation sites is 1. The number of anilines is 2. The minimum atomic E-state index is -4.54. The first-order valence-corrected chi connectivity index (χ1v) is 6.24. The summed E-state index contributed by atoms with van der Waals surface area (Å²) in [6.07, 6.45) is -4.54. The molecule has 0 saturated carbocycles. The highest BCUT2D eigenvalue weighted by Crippen LogP contribution is 2.34. The summed E-state index contributed by atoms with van der Waals surface area (Å²) in [4.78, 5) is 11.7. The van der Waals surface area contributed by atoms with Crippen molar-refractivity contribution in [3.05, 3.63) is 59.1 Å². The Kier molecular flexibility index (Phi) is 4.37. The number of hydrogen-bond donors (Lipinski definition) is 2. The minimum Gasteiger partial charge on any atom is -0.308 e. The van der Waals surface area contributed by atoms with Crippen LogP contribution >= 0.6 is 11.6 Å². The summed E-state index contributed by atoms with van der Waals surface area (Å²) < 4.78 is 38.4. The Hall–Kier alpha value is -2.21. The zero-order chi connectivity index (χ0) is 15.5. The van der Waals surface area contributed by atoms with E-state index in [0.29, 0.717) is 10.7 Å². The number of benzene rings is 2. The van der Waals surface area contributed by atoms with Crippen molar-refractivity contribution in [3.63, 3.8) is 0 Å². The molecule has 0 heterocycles. The zero-order valence-corrected chi connectivity index (χ0v) is 11.3. The summed E-state index contributed by atoms with van der Waals surface area (Å²) >= 11 is 5.75. The fourth-order valence-electron chi connectivity index (χ4n) is 1.69. The largest absolute Gasteiger partial charge is 0.418 e. The molecule has 2 aromatic carbocycles. The van der Waals surface area contributed by atoms with Crippen LogP contribution in [0.3, 0.4) is 0 Å². The molecular formula is C14H10ClF3N2O. The molecule has 0 aliphatic heterocycles. The van der Waals surface area contributed by atoms with Crippen LogP contribution in [-0.4, -0.2) is 6.03 Å². The number of carbonyl (C=O) groups is 1. The van der Waals surface area contributed by atoms with Gasteiger partial charge in [0.1, 0.15) is 0 Å². The van der Waals surface area contributed by atoms with Gasteiger partial charge in [0.2, 0.25) is 0 Å². The van der Waals surface area contributed by atoms with Gasteiger partial charge in [-0.05, 0) is 30.3 Å². The van der Waals surface area contributed by atoms with Crippen molar-refractivity contribution in [1.29, 1.82) is 0 Å². The highest BCUT2D eigenvalue weighted by Gasteiger charge is 2.33. The maximum absolute atomic E-state index is 12.8. The Labute approximate surface area is 123 Å². The van der Waals surface area contributed by atoms with Crippen LogP contribution in [0.4, 0.5) is 29.3 Å². The molecule has 2 aromatic rings. The van der Waals surface area contributed by atoms with Crippen LogP contribution in [0.1, 0.15) is 5.56 Å². The van der Waals surface area contributed by atoms with Crippen molar-refractivity contribution in [1.82, 2.24) is 0 Å². The van der Waals surface area contributed by atoms with E-state index < -0.39 is 17.8 Å². The topological polar surface area (TPSA) is 41.1 Å². The number of hydrogen-bond acceptors (Lipinski definition) is 1. The molecule has 2 rings (SSSR count). The van der Waals surface area contributed by atoms with Gasteiger partial charge in [0, 0.05) is 10.7 Å². The molecule has 0 bridgehead atoms. The van der Waals surface area contributed by atoms with Crippen molar-refractivity contribution in [2.75, 3.05) is 10.6 Å². The van der Waals surface area contributed by atoms with Gasteiger partial charge in [-0.2, -0.15) is 13.2 Å². The highest BCUT2D eigenvalue weighted by atomic mass is 35.5. The second-order valence-corrected chi connectivity index (χ2v) is 4.57. The normalized spacial score (nSPS) is 11.0. The average molecular weight is 315 g/mol. The van der Waals surface area contributed by atoms with Crippen molar-refractivity contribution >= 4 is 29.0 Å². The zero-order valence-electron chi connectivity index (χ0n) is 10.5. The van der Waals surface area contributed by atoms with Crippen LogP contribution in [0.15, 0.2) is 48.5 Å². The molecule has 0 fully saturated rings. The van der Waals surface area contributed by atoms with Crippen LogP contribution < -0.4 is 10.6 Å². The van der Waals surface area contributed by atoms with Crippen LogP contribution in [-0.2, 0) is 6.18 Å². The van der Waals surface area contributed by atoms with Gasteiger partial charge in [0.25, 0.3) is 0 Å². The van der Waals surface area contributed by atoms with E-state index in [1.54, 1.807) is 18.2 Å². The predicted octanol–water partition coefficient (Wildman–Crippen LogP) is 5.00. The Morgan fingerprint density at radius 1 is 1.00 bits per heavy atom. The van der Waals surface area contributed by atoms with Gasteiger partial charge in [0.15, 0.2) is 0 Å². The summed E-state index contributed by atoms with van der Waals surface area (Å²) in [5.41, 5.74) is -0.847. The van der Waals surface area contributed by atoms with E-state index >= 15 is 0 Å². The number of carbonyl (C=O) groups excluding carboxylic acids is 1. The lowest BCUT2D eigenvalue weighted by molar-refractivity contribution is -0.136. The molecular weight excluding hydrogens is 305 g/mol. The van der Waals surface area contributed by atoms with Crippen molar-refractivity contribution < 1.29 is 18.0 Å². The summed E-state index contributed by atoms with van der Waals surface area (Å²) in [7, 11) is 0. The molecule has 0 unspecified atom stereocenters. The lowest BCUT2D eigenvalue weighted by Gasteiger charge is -2.14. The van der Waals surface area contributed by atoms with Gasteiger partial charge in [-0.15, -0.1) is 0 Å². The monoisotopic (exact) mass is 314 g/mol. The molecule has 0 spiro atoms. The number of nitrogens with one attached hydrogen (secondary N) is 2. The smallest absolute Gasteiger partial charge is 0.308 e. The standard InChI is InChI=1S/C14H10ClF3N2O/c15-9-4-3-5-10(8-9)19-13(21)20-12-7-2-1-6-11(12)14(16,17)18/h1-8H,(H2,19,20,21). The van der Waals surface area contributed by atoms with E-state index in [4.69, 9.17) is 11.6 Å². The van der Waals surface area contributed by atoms with Crippen molar-refractivity contribution in [3.8, 4) is 0 Å². The van der Waals surface area contributed by atoms with Gasteiger partial charge in [-0.3, -0.25) is 0 Å². The van der Waals surface area contributed by atoms with Crippen LogP contribution in [0.5, 0.6) is 0 Å². The summed E-state index contributed by atoms with van der Waals surface area (Å²) in [6, 6.07) is 10.2. The second kappa shape index (κ2) is 6.05. The Morgan fingerprint density at radius 2 is 1.71 bits per heavy atom. The third-order valence-electron chi connectivity index (χ3n) is 2.56. The Bertz CT molecular complexity index is 659. The molecule has 2 N–H and O–H groups in total. The SMILES string of the molecule is O=C(Nc1cccc(Cl)c1)Nc1ccccc1C(F)(F)F. The van der Waals surface area contributed by atoms with Crippen molar-refractivity contribution in [2.45, 2.75) is 6.18 Å². The van der Waals surface area contributed by atoms with E-state index in [2.05, 4.69) is 10.6 Å². The van der Waals surface area contributed by atoms with Gasteiger partial charge >= 0.3 is 12.2 Å². The maximum atomic E-state index is 12.8. The molecule has 0 radical (unpaired) electrons. The van der Waals surface area contributed by atoms with Crippen LogP contribution in [0, 0.1) is 0 Å². The highest BCUT2D eigenvalue weighted by molar-refractivity contribution is 6.30. The van der Waals surface area contributed by atoms with Gasteiger partial charge in [-0.25, -0.2) is 4.79 Å². The summed E-state index contributed by atoms with van der Waals surface area (Å²) in [5.74, 6) is 0. The molecule has 2 amide bonds. The second-order valence-electron chi connectivity index (χ2n) is 4.13. The number of rotatable bonds is 2. The number of halogens is 4. The molecule has 0 aromatic heterocycles. The number of urea groups is 1. The fourth-order valence-corrected chi connectivity index (χ4v) is 1.88. The van der Waals surface area contributed by atoms with Crippen LogP contribution in [0.2, 0.25) is 5.02 Å². The van der Waals surface area contributed by atoms with E-state index in [9.17, 15) is 18.0 Å². The average Bonchev–Trinajstić information content (AvgIpc) is 2.37. The molecule has 110 valence electrons. The number of amides is 2. The molecule has 21 heavy (non-hydrogen) atoms. The lowest BCUT2D eigenvalue weighted by Crippen LogP contribution is -2.21. The third-order valence-corrected chi connectivity index (χ3v) is 2.80. The Balaban J connectivity index is 2.14. The van der Waals surface area contributed by atoms with Crippen LogP contribution in [0.25, 0.3) is 0 Å². The lowest BCUT2D eigenvalue weighted by atomic mass is 10.1. The first kappa shape index (κ1) is 15.2. The Morgan fingerprint density at radius 3 is 2.38 bits per heavy atom. The summed E-state index contributed by atoms with van der Waals surface area (Å²) in [6.45, 7) is 0. The van der Waals surface area contributed by atoms with Gasteiger partial charge < -0.3 is 10.6 Å². The molecule has 7 heteroatoms. The van der Waals surface area contributed by atoms with Gasteiger partial charge in [-0.1, -0.05) is 29.8 Å². The van der Waals surface area contributed by atoms with E-state index in [-0.39, 0.29) is 5.69 Å². The predicted molar refractivity (Wildman–Crippen MR) is 75.5 cm³/mol. The van der Waals surface area contributed by atoms with E-state index in [1.165, 1.54) is 24.3 Å². The maximum Gasteiger partial charge on any atom is 0.418 e. The third kappa shape index (κ3) is 4.13. The summed E-state index contributed by atoms with van der Waals surface area (Å²) in [5, 5.41) is 4.99. The number of alkyl halides is 3. The molecule has 0 aliphatic carbocycles. The molecule has 0 atom stereocenters. The minimum absolute atomic E-state index is 0.315. The first-order chi connectivity index (χ1) is 9.86. The molecule has 0 saturated heterocycles.